The van der Waals surface area contributed by atoms with E-state index in [1.165, 1.54) is 23.5 Å². The van der Waals surface area contributed by atoms with E-state index >= 15 is 0 Å². The number of rotatable bonds is 5. The first kappa shape index (κ1) is 18.3. The van der Waals surface area contributed by atoms with Gasteiger partial charge in [-0.05, 0) is 31.0 Å². The number of hydrogen-bond donors (Lipinski definition) is 1. The van der Waals surface area contributed by atoms with Crippen molar-refractivity contribution in [2.45, 2.75) is 13.8 Å². The van der Waals surface area contributed by atoms with Crippen molar-refractivity contribution in [3.05, 3.63) is 80.3 Å². The number of anilines is 1. The number of non-ortho nitro benzene ring substituents is 1. The summed E-state index contributed by atoms with van der Waals surface area (Å²) >= 11 is 1.32. The zero-order valence-corrected chi connectivity index (χ0v) is 15.6. The van der Waals surface area contributed by atoms with Crippen LogP contribution in [-0.4, -0.2) is 9.91 Å². The van der Waals surface area contributed by atoms with E-state index in [4.69, 9.17) is 0 Å². The molecule has 3 rings (SSSR count). The molecule has 0 fully saturated rings. The molecular weight excluding hydrogens is 360 g/mol. The van der Waals surface area contributed by atoms with Crippen molar-refractivity contribution < 1.29 is 4.92 Å². The molecule has 0 saturated heterocycles. The SMILES string of the molecule is Cc1ccc(C)c(N/C=C(/C#N)c2nc(-c3cccc([N+](=O)[O-])c3)cs2)c1. The maximum absolute atomic E-state index is 10.9. The van der Waals surface area contributed by atoms with Gasteiger partial charge < -0.3 is 5.32 Å². The van der Waals surface area contributed by atoms with Gasteiger partial charge in [-0.25, -0.2) is 4.98 Å². The van der Waals surface area contributed by atoms with Crippen LogP contribution in [0, 0.1) is 35.3 Å². The molecule has 6 nitrogen and oxygen atoms in total. The summed E-state index contributed by atoms with van der Waals surface area (Å²) in [6.45, 7) is 4.00. The summed E-state index contributed by atoms with van der Waals surface area (Å²) in [6, 6.07) is 14.5. The average molecular weight is 376 g/mol. The third-order valence-electron chi connectivity index (χ3n) is 3.97. The molecule has 27 heavy (non-hydrogen) atoms. The molecule has 0 aliphatic heterocycles. The van der Waals surface area contributed by atoms with E-state index < -0.39 is 4.92 Å². The Balaban J connectivity index is 1.87. The Labute approximate surface area is 160 Å². The lowest BCUT2D eigenvalue weighted by molar-refractivity contribution is -0.384. The number of nitrogens with zero attached hydrogens (tertiary/aromatic N) is 3. The summed E-state index contributed by atoms with van der Waals surface area (Å²) in [6.07, 6.45) is 1.64. The summed E-state index contributed by atoms with van der Waals surface area (Å²) in [5, 5.41) is 26.0. The van der Waals surface area contributed by atoms with Crippen molar-refractivity contribution in [1.29, 1.82) is 5.26 Å². The Hall–Kier alpha value is -3.50. The Bertz CT molecular complexity index is 1080. The molecule has 1 aromatic heterocycles. The van der Waals surface area contributed by atoms with E-state index in [2.05, 4.69) is 16.4 Å². The van der Waals surface area contributed by atoms with Crippen LogP contribution < -0.4 is 5.32 Å². The van der Waals surface area contributed by atoms with Gasteiger partial charge in [0.25, 0.3) is 5.69 Å². The zero-order valence-electron chi connectivity index (χ0n) is 14.8. The van der Waals surface area contributed by atoms with Gasteiger partial charge in [0.2, 0.25) is 0 Å². The molecule has 2 aromatic carbocycles. The standard InChI is InChI=1S/C20H16N4O2S/c1-13-6-7-14(2)18(8-13)22-11-16(10-21)20-23-19(12-27-20)15-4-3-5-17(9-15)24(25)26/h3-9,11-12,22H,1-2H3/b16-11-. The number of thiazole rings is 1. The minimum Gasteiger partial charge on any atom is -0.360 e. The van der Waals surface area contributed by atoms with Gasteiger partial charge in [-0.1, -0.05) is 24.3 Å². The molecule has 0 atom stereocenters. The highest BCUT2D eigenvalue weighted by Gasteiger charge is 2.12. The van der Waals surface area contributed by atoms with E-state index in [1.54, 1.807) is 23.7 Å². The van der Waals surface area contributed by atoms with E-state index in [1.807, 2.05) is 32.0 Å². The molecule has 134 valence electrons. The molecule has 0 bridgehead atoms. The van der Waals surface area contributed by atoms with Crippen LogP contribution in [0.1, 0.15) is 16.1 Å². The van der Waals surface area contributed by atoms with Crippen LogP contribution >= 0.6 is 11.3 Å². The predicted molar refractivity (Wildman–Crippen MR) is 107 cm³/mol. The van der Waals surface area contributed by atoms with Crippen LogP contribution in [0.25, 0.3) is 16.8 Å². The van der Waals surface area contributed by atoms with Gasteiger partial charge in [0.05, 0.1) is 10.6 Å². The summed E-state index contributed by atoms with van der Waals surface area (Å²) < 4.78 is 0. The second-order valence-electron chi connectivity index (χ2n) is 5.98. The summed E-state index contributed by atoms with van der Waals surface area (Å²) in [7, 11) is 0. The van der Waals surface area contributed by atoms with Gasteiger partial charge in [-0.15, -0.1) is 11.3 Å². The highest BCUT2D eigenvalue weighted by atomic mass is 32.1. The van der Waals surface area contributed by atoms with Crippen molar-refractivity contribution in [2.75, 3.05) is 5.32 Å². The van der Waals surface area contributed by atoms with E-state index in [-0.39, 0.29) is 5.69 Å². The van der Waals surface area contributed by atoms with Crippen molar-refractivity contribution in [2.24, 2.45) is 0 Å². The number of benzene rings is 2. The van der Waals surface area contributed by atoms with Gasteiger partial charge in [0.1, 0.15) is 16.6 Å². The summed E-state index contributed by atoms with van der Waals surface area (Å²) in [4.78, 5) is 15.0. The highest BCUT2D eigenvalue weighted by molar-refractivity contribution is 7.11. The fraction of sp³-hybridized carbons (Fsp3) is 0.100. The monoisotopic (exact) mass is 376 g/mol. The topological polar surface area (TPSA) is 91.8 Å². The van der Waals surface area contributed by atoms with Crippen LogP contribution in [0.3, 0.4) is 0 Å². The fourth-order valence-corrected chi connectivity index (χ4v) is 3.29. The molecule has 0 spiro atoms. The zero-order chi connectivity index (χ0) is 19.4. The molecule has 1 N–H and O–H groups in total. The summed E-state index contributed by atoms with van der Waals surface area (Å²) in [5.41, 5.74) is 4.78. The average Bonchev–Trinajstić information content (AvgIpc) is 3.15. The van der Waals surface area contributed by atoms with E-state index in [0.717, 1.165) is 16.8 Å². The lowest BCUT2D eigenvalue weighted by Crippen LogP contribution is -1.94. The van der Waals surface area contributed by atoms with Crippen LogP contribution in [0.15, 0.2) is 54.0 Å². The number of allylic oxidation sites excluding steroid dienone is 1. The first-order valence-electron chi connectivity index (χ1n) is 8.12. The molecule has 0 unspecified atom stereocenters. The second-order valence-corrected chi connectivity index (χ2v) is 6.84. The number of nitrogens with one attached hydrogen (secondary N) is 1. The molecular formula is C20H16N4O2S. The van der Waals surface area contributed by atoms with Gasteiger partial charge in [0, 0.05) is 35.0 Å². The molecule has 3 aromatic rings. The first-order valence-corrected chi connectivity index (χ1v) is 9.00. The number of nitriles is 1. The van der Waals surface area contributed by atoms with Gasteiger partial charge >= 0.3 is 0 Å². The Kier molecular flexibility index (Phi) is 5.29. The van der Waals surface area contributed by atoms with Crippen LogP contribution in [0.2, 0.25) is 0 Å². The normalized spacial score (nSPS) is 11.1. The van der Waals surface area contributed by atoms with Gasteiger partial charge in [0.15, 0.2) is 0 Å². The van der Waals surface area contributed by atoms with Crippen LogP contribution in [0.4, 0.5) is 11.4 Å². The van der Waals surface area contributed by atoms with Gasteiger partial charge in [-0.2, -0.15) is 5.26 Å². The van der Waals surface area contributed by atoms with Gasteiger partial charge in [-0.3, -0.25) is 10.1 Å². The molecule has 0 aliphatic rings. The largest absolute Gasteiger partial charge is 0.360 e. The number of nitro groups is 1. The van der Waals surface area contributed by atoms with Crippen molar-refractivity contribution in [3.8, 4) is 17.3 Å². The van der Waals surface area contributed by atoms with Crippen LogP contribution in [-0.2, 0) is 0 Å². The number of nitro benzene ring substituents is 1. The number of aryl methyl sites for hydroxylation is 2. The summed E-state index contributed by atoms with van der Waals surface area (Å²) in [5.74, 6) is 0. The third-order valence-corrected chi connectivity index (χ3v) is 4.85. The molecule has 0 saturated carbocycles. The number of aromatic nitrogens is 1. The van der Waals surface area contributed by atoms with Crippen molar-refractivity contribution in [3.63, 3.8) is 0 Å². The molecule has 7 heteroatoms. The van der Waals surface area contributed by atoms with E-state index in [9.17, 15) is 15.4 Å². The van der Waals surface area contributed by atoms with Crippen LogP contribution in [0.5, 0.6) is 0 Å². The smallest absolute Gasteiger partial charge is 0.270 e. The third kappa shape index (κ3) is 4.19. The molecule has 1 heterocycles. The minimum absolute atomic E-state index is 0.00897. The maximum Gasteiger partial charge on any atom is 0.270 e. The highest BCUT2D eigenvalue weighted by Crippen LogP contribution is 2.28. The minimum atomic E-state index is -0.439. The Morgan fingerprint density at radius 2 is 2.11 bits per heavy atom. The van der Waals surface area contributed by atoms with Crippen molar-refractivity contribution in [1.82, 2.24) is 4.98 Å². The first-order chi connectivity index (χ1) is 13.0. The van der Waals surface area contributed by atoms with Crippen molar-refractivity contribution >= 4 is 28.3 Å². The maximum atomic E-state index is 10.9. The Morgan fingerprint density at radius 3 is 2.85 bits per heavy atom. The fourth-order valence-electron chi connectivity index (χ4n) is 2.49. The lowest BCUT2D eigenvalue weighted by Gasteiger charge is -2.06. The second kappa shape index (κ2) is 7.81. The number of hydrogen-bond acceptors (Lipinski definition) is 6. The van der Waals surface area contributed by atoms with E-state index in [0.29, 0.717) is 21.8 Å². The Morgan fingerprint density at radius 1 is 1.30 bits per heavy atom. The quantitative estimate of drug-likeness (QED) is 0.370. The predicted octanol–water partition coefficient (Wildman–Crippen LogP) is 5.31. The molecule has 0 amide bonds. The molecule has 0 radical (unpaired) electrons. The lowest BCUT2D eigenvalue weighted by atomic mass is 10.1. The molecule has 0 aliphatic carbocycles.